The summed E-state index contributed by atoms with van der Waals surface area (Å²) in [5.41, 5.74) is 2.35. The fourth-order valence-corrected chi connectivity index (χ4v) is 3.40. The van der Waals surface area contributed by atoms with Crippen LogP contribution in [0.25, 0.3) is 0 Å². The number of aromatic nitrogens is 1. The topological polar surface area (TPSA) is 60.5 Å². The second-order valence-electron chi connectivity index (χ2n) is 7.04. The molecular weight excluding hydrogens is 364 g/mol. The Morgan fingerprint density at radius 2 is 1.86 bits per heavy atom. The smallest absolute Gasteiger partial charge is 0.252 e. The van der Waals surface area contributed by atoms with Crippen molar-refractivity contribution in [2.45, 2.75) is 25.0 Å². The van der Waals surface area contributed by atoms with Gasteiger partial charge in [0.15, 0.2) is 0 Å². The molecule has 5 heteroatoms. The first-order chi connectivity index (χ1) is 14.3. The van der Waals surface area contributed by atoms with E-state index < -0.39 is 0 Å². The van der Waals surface area contributed by atoms with Gasteiger partial charge in [-0.25, -0.2) is 0 Å². The molecule has 148 valence electrons. The predicted molar refractivity (Wildman–Crippen MR) is 111 cm³/mol. The third-order valence-corrected chi connectivity index (χ3v) is 4.97. The summed E-state index contributed by atoms with van der Waals surface area (Å²) in [6.07, 6.45) is 4.03. The van der Waals surface area contributed by atoms with Crippen LogP contribution in [0.5, 0.6) is 5.75 Å². The number of hydrogen-bond acceptors (Lipinski definition) is 4. The van der Waals surface area contributed by atoms with Crippen LogP contribution in [0.4, 0.5) is 0 Å². The van der Waals surface area contributed by atoms with Crippen LogP contribution in [-0.2, 0) is 4.74 Å². The van der Waals surface area contributed by atoms with E-state index in [1.54, 1.807) is 18.3 Å². The molecule has 2 heterocycles. The van der Waals surface area contributed by atoms with Gasteiger partial charge in [-0.2, -0.15) is 0 Å². The van der Waals surface area contributed by atoms with Crippen molar-refractivity contribution in [1.29, 1.82) is 0 Å². The molecule has 5 nitrogen and oxygen atoms in total. The molecule has 0 saturated carbocycles. The number of nitrogens with zero attached hydrogens (tertiary/aromatic N) is 1. The maximum absolute atomic E-state index is 12.9. The Bertz CT molecular complexity index is 868. The molecule has 1 amide bonds. The molecule has 2 atom stereocenters. The van der Waals surface area contributed by atoms with Crippen molar-refractivity contribution in [3.05, 3.63) is 95.8 Å². The summed E-state index contributed by atoms with van der Waals surface area (Å²) in [6, 6.07) is 22.4. The van der Waals surface area contributed by atoms with Crippen LogP contribution in [-0.4, -0.2) is 30.2 Å². The number of rotatable bonds is 7. The van der Waals surface area contributed by atoms with E-state index in [0.717, 1.165) is 36.5 Å². The van der Waals surface area contributed by atoms with Gasteiger partial charge >= 0.3 is 0 Å². The first kappa shape index (κ1) is 19.2. The molecule has 1 saturated heterocycles. The van der Waals surface area contributed by atoms with Gasteiger partial charge in [-0.05, 0) is 54.8 Å². The zero-order valence-electron chi connectivity index (χ0n) is 16.2. The van der Waals surface area contributed by atoms with E-state index in [1.165, 1.54) is 0 Å². The summed E-state index contributed by atoms with van der Waals surface area (Å²) in [7, 11) is 0. The van der Waals surface area contributed by atoms with Crippen molar-refractivity contribution < 1.29 is 14.3 Å². The normalized spacial score (nSPS) is 16.9. The first-order valence-electron chi connectivity index (χ1n) is 9.91. The number of amides is 1. The van der Waals surface area contributed by atoms with Gasteiger partial charge in [-0.1, -0.05) is 36.4 Å². The third-order valence-electron chi connectivity index (χ3n) is 4.97. The number of carbonyl (C=O) groups is 1. The molecule has 29 heavy (non-hydrogen) atoms. The summed E-state index contributed by atoms with van der Waals surface area (Å²) >= 11 is 0. The molecule has 0 aliphatic carbocycles. The van der Waals surface area contributed by atoms with Gasteiger partial charge in [0.1, 0.15) is 12.4 Å². The van der Waals surface area contributed by atoms with Gasteiger partial charge in [-0.3, -0.25) is 9.78 Å². The van der Waals surface area contributed by atoms with Crippen molar-refractivity contribution in [2.75, 3.05) is 13.2 Å². The summed E-state index contributed by atoms with van der Waals surface area (Å²) in [5, 5.41) is 3.10. The number of hydrogen-bond donors (Lipinski definition) is 1. The highest BCUT2D eigenvalue weighted by molar-refractivity contribution is 5.94. The minimum atomic E-state index is -0.319. The Labute approximate surface area is 170 Å². The number of carbonyl (C=O) groups excluding carboxylic acids is 1. The van der Waals surface area contributed by atoms with E-state index >= 15 is 0 Å². The molecule has 1 N–H and O–H groups in total. The molecule has 1 aliphatic rings. The molecule has 4 rings (SSSR count). The van der Waals surface area contributed by atoms with E-state index in [-0.39, 0.29) is 18.1 Å². The Morgan fingerprint density at radius 1 is 1.07 bits per heavy atom. The van der Waals surface area contributed by atoms with Crippen LogP contribution in [0.15, 0.2) is 79.0 Å². The Morgan fingerprint density at radius 3 is 2.55 bits per heavy atom. The van der Waals surface area contributed by atoms with Crippen molar-refractivity contribution >= 4 is 5.91 Å². The fourth-order valence-electron chi connectivity index (χ4n) is 3.40. The predicted octanol–water partition coefficient (Wildman–Crippen LogP) is 4.16. The first-order valence-corrected chi connectivity index (χ1v) is 9.91. The second kappa shape index (κ2) is 9.34. The van der Waals surface area contributed by atoms with E-state index in [0.29, 0.717) is 12.2 Å². The van der Waals surface area contributed by atoms with E-state index in [2.05, 4.69) is 10.3 Å². The van der Waals surface area contributed by atoms with Crippen LogP contribution < -0.4 is 10.1 Å². The Balaban J connectivity index is 1.44. The Kier molecular flexibility index (Phi) is 6.17. The highest BCUT2D eigenvalue weighted by atomic mass is 16.5. The standard InChI is InChI=1S/C24H24N2O3/c27-24(19-11-13-20(14-12-19)29-17-21-9-6-16-28-21)26-23(18-7-2-1-3-8-18)22-10-4-5-15-25-22/h1-5,7-8,10-15,21,23H,6,9,16-17H2,(H,26,27). The number of nitrogens with one attached hydrogen (secondary N) is 1. The molecule has 3 aromatic rings. The molecule has 1 aromatic heterocycles. The largest absolute Gasteiger partial charge is 0.491 e. The third kappa shape index (κ3) is 5.00. The maximum atomic E-state index is 12.9. The minimum Gasteiger partial charge on any atom is -0.491 e. The van der Waals surface area contributed by atoms with Crippen LogP contribution in [0.1, 0.15) is 40.5 Å². The number of pyridine rings is 1. The highest BCUT2D eigenvalue weighted by Crippen LogP contribution is 2.21. The summed E-state index contributed by atoms with van der Waals surface area (Å²) in [5.74, 6) is 0.580. The summed E-state index contributed by atoms with van der Waals surface area (Å²) < 4.78 is 11.3. The minimum absolute atomic E-state index is 0.157. The molecule has 0 spiro atoms. The quantitative estimate of drug-likeness (QED) is 0.660. The maximum Gasteiger partial charge on any atom is 0.252 e. The van der Waals surface area contributed by atoms with Gasteiger partial charge in [0.05, 0.1) is 17.8 Å². The lowest BCUT2D eigenvalue weighted by molar-refractivity contribution is 0.0679. The monoisotopic (exact) mass is 388 g/mol. The van der Waals surface area contributed by atoms with Gasteiger partial charge < -0.3 is 14.8 Å². The van der Waals surface area contributed by atoms with Crippen molar-refractivity contribution in [1.82, 2.24) is 10.3 Å². The molecule has 2 unspecified atom stereocenters. The average molecular weight is 388 g/mol. The van der Waals surface area contributed by atoms with E-state index in [4.69, 9.17) is 9.47 Å². The lowest BCUT2D eigenvalue weighted by Crippen LogP contribution is -2.29. The Hall–Kier alpha value is -3.18. The van der Waals surface area contributed by atoms with Gasteiger partial charge in [0, 0.05) is 18.4 Å². The summed E-state index contributed by atoms with van der Waals surface area (Å²) in [6.45, 7) is 1.35. The molecule has 0 radical (unpaired) electrons. The van der Waals surface area contributed by atoms with Gasteiger partial charge in [0.25, 0.3) is 5.91 Å². The lowest BCUT2D eigenvalue weighted by atomic mass is 10.0. The lowest BCUT2D eigenvalue weighted by Gasteiger charge is -2.19. The zero-order valence-corrected chi connectivity index (χ0v) is 16.2. The van der Waals surface area contributed by atoms with E-state index in [1.807, 2.05) is 60.7 Å². The van der Waals surface area contributed by atoms with Crippen LogP contribution in [0, 0.1) is 0 Å². The molecule has 0 bridgehead atoms. The van der Waals surface area contributed by atoms with Crippen molar-refractivity contribution in [3.8, 4) is 5.75 Å². The van der Waals surface area contributed by atoms with Crippen LogP contribution in [0.2, 0.25) is 0 Å². The number of ether oxygens (including phenoxy) is 2. The fraction of sp³-hybridized carbons (Fsp3) is 0.250. The van der Waals surface area contributed by atoms with Crippen LogP contribution >= 0.6 is 0 Å². The average Bonchev–Trinajstić information content (AvgIpc) is 3.31. The molecule has 2 aromatic carbocycles. The summed E-state index contributed by atoms with van der Waals surface area (Å²) in [4.78, 5) is 17.3. The molecule has 1 fully saturated rings. The number of benzene rings is 2. The highest BCUT2D eigenvalue weighted by Gasteiger charge is 2.19. The zero-order chi connectivity index (χ0) is 19.9. The second-order valence-corrected chi connectivity index (χ2v) is 7.04. The van der Waals surface area contributed by atoms with Gasteiger partial charge in [0.2, 0.25) is 0 Å². The van der Waals surface area contributed by atoms with Gasteiger partial charge in [-0.15, -0.1) is 0 Å². The molecule has 1 aliphatic heterocycles. The van der Waals surface area contributed by atoms with Crippen LogP contribution in [0.3, 0.4) is 0 Å². The van der Waals surface area contributed by atoms with Crippen molar-refractivity contribution in [3.63, 3.8) is 0 Å². The van der Waals surface area contributed by atoms with E-state index in [9.17, 15) is 4.79 Å². The van der Waals surface area contributed by atoms with Crippen molar-refractivity contribution in [2.24, 2.45) is 0 Å². The molecular formula is C24H24N2O3. The SMILES string of the molecule is O=C(NC(c1ccccc1)c1ccccn1)c1ccc(OCC2CCCO2)cc1.